The molecule has 0 aliphatic heterocycles. The SMILES string of the molecule is Fc1ccc(CN(CCCn2ccnc2)Cc2cccc3cccnc23)cc1. The third-order valence-corrected chi connectivity index (χ3v) is 4.88. The molecule has 0 bridgehead atoms. The van der Waals surface area contributed by atoms with Gasteiger partial charge in [-0.25, -0.2) is 9.37 Å². The molecule has 4 rings (SSSR count). The van der Waals surface area contributed by atoms with E-state index < -0.39 is 0 Å². The summed E-state index contributed by atoms with van der Waals surface area (Å²) in [4.78, 5) is 11.1. The van der Waals surface area contributed by atoms with Gasteiger partial charge in [0, 0.05) is 50.2 Å². The molecule has 0 amide bonds. The average molecular weight is 374 g/mol. The fraction of sp³-hybridized carbons (Fsp3) is 0.217. The van der Waals surface area contributed by atoms with E-state index in [-0.39, 0.29) is 5.82 Å². The van der Waals surface area contributed by atoms with E-state index in [2.05, 4.69) is 43.7 Å². The fourth-order valence-electron chi connectivity index (χ4n) is 3.49. The van der Waals surface area contributed by atoms with Crippen LogP contribution in [-0.4, -0.2) is 26.0 Å². The highest BCUT2D eigenvalue weighted by molar-refractivity contribution is 5.81. The highest BCUT2D eigenvalue weighted by atomic mass is 19.1. The number of pyridine rings is 1. The smallest absolute Gasteiger partial charge is 0.123 e. The quantitative estimate of drug-likeness (QED) is 0.450. The van der Waals surface area contributed by atoms with Crippen molar-refractivity contribution in [3.8, 4) is 0 Å². The molecule has 2 aromatic carbocycles. The second-order valence-corrected chi connectivity index (χ2v) is 6.98. The van der Waals surface area contributed by atoms with Crippen molar-refractivity contribution in [1.82, 2.24) is 19.4 Å². The molecule has 4 nitrogen and oxygen atoms in total. The molecule has 0 aliphatic rings. The largest absolute Gasteiger partial charge is 0.337 e. The van der Waals surface area contributed by atoms with Crippen LogP contribution in [0, 0.1) is 5.82 Å². The van der Waals surface area contributed by atoms with Crippen LogP contribution in [0.1, 0.15) is 17.5 Å². The van der Waals surface area contributed by atoms with Crippen LogP contribution in [0.4, 0.5) is 4.39 Å². The maximum Gasteiger partial charge on any atom is 0.123 e. The number of benzene rings is 2. The lowest BCUT2D eigenvalue weighted by molar-refractivity contribution is 0.249. The van der Waals surface area contributed by atoms with E-state index in [1.807, 2.05) is 36.9 Å². The Labute approximate surface area is 164 Å². The number of rotatable bonds is 8. The summed E-state index contributed by atoms with van der Waals surface area (Å²) in [6, 6.07) is 17.2. The van der Waals surface area contributed by atoms with Crippen LogP contribution in [0.2, 0.25) is 0 Å². The highest BCUT2D eigenvalue weighted by Crippen LogP contribution is 2.19. The second kappa shape index (κ2) is 8.76. The number of aromatic nitrogens is 3. The number of imidazole rings is 1. The van der Waals surface area contributed by atoms with E-state index in [1.165, 1.54) is 17.7 Å². The van der Waals surface area contributed by atoms with Gasteiger partial charge in [-0.1, -0.05) is 36.4 Å². The van der Waals surface area contributed by atoms with Gasteiger partial charge in [0.2, 0.25) is 0 Å². The Kier molecular flexibility index (Phi) is 5.73. The fourth-order valence-corrected chi connectivity index (χ4v) is 3.49. The zero-order valence-corrected chi connectivity index (χ0v) is 15.7. The van der Waals surface area contributed by atoms with E-state index in [0.29, 0.717) is 0 Å². The van der Waals surface area contributed by atoms with Gasteiger partial charge in [-0.05, 0) is 35.7 Å². The first kappa shape index (κ1) is 18.3. The van der Waals surface area contributed by atoms with Gasteiger partial charge in [0.15, 0.2) is 0 Å². The van der Waals surface area contributed by atoms with Gasteiger partial charge in [0.1, 0.15) is 5.82 Å². The van der Waals surface area contributed by atoms with Crippen molar-refractivity contribution in [2.75, 3.05) is 6.54 Å². The number of hydrogen-bond acceptors (Lipinski definition) is 3. The van der Waals surface area contributed by atoms with Gasteiger partial charge in [-0.2, -0.15) is 0 Å². The van der Waals surface area contributed by atoms with Crippen molar-refractivity contribution in [2.24, 2.45) is 0 Å². The first-order chi connectivity index (χ1) is 13.8. The van der Waals surface area contributed by atoms with E-state index in [9.17, 15) is 4.39 Å². The maximum absolute atomic E-state index is 13.3. The van der Waals surface area contributed by atoms with Crippen LogP contribution in [-0.2, 0) is 19.6 Å². The molecule has 0 unspecified atom stereocenters. The van der Waals surface area contributed by atoms with Crippen molar-refractivity contribution < 1.29 is 4.39 Å². The molecular formula is C23H23FN4. The van der Waals surface area contributed by atoms with Crippen molar-refractivity contribution in [3.05, 3.63) is 96.5 Å². The molecule has 4 aromatic rings. The molecule has 0 saturated carbocycles. The summed E-state index contributed by atoms with van der Waals surface area (Å²) in [6.45, 7) is 3.43. The minimum Gasteiger partial charge on any atom is -0.337 e. The Morgan fingerprint density at radius 3 is 2.61 bits per heavy atom. The molecule has 0 saturated heterocycles. The van der Waals surface area contributed by atoms with E-state index >= 15 is 0 Å². The van der Waals surface area contributed by atoms with Crippen LogP contribution < -0.4 is 0 Å². The molecule has 2 heterocycles. The molecule has 5 heteroatoms. The summed E-state index contributed by atoms with van der Waals surface area (Å²) in [6.07, 6.45) is 8.49. The van der Waals surface area contributed by atoms with Gasteiger partial charge in [-0.3, -0.25) is 9.88 Å². The number of fused-ring (bicyclic) bond motifs is 1. The molecule has 0 spiro atoms. The minimum atomic E-state index is -0.200. The van der Waals surface area contributed by atoms with E-state index in [1.54, 1.807) is 6.20 Å². The van der Waals surface area contributed by atoms with Crippen LogP contribution in [0.5, 0.6) is 0 Å². The van der Waals surface area contributed by atoms with Gasteiger partial charge in [0.05, 0.1) is 11.8 Å². The molecule has 0 fully saturated rings. The first-order valence-corrected chi connectivity index (χ1v) is 9.53. The molecule has 2 aromatic heterocycles. The minimum absolute atomic E-state index is 0.200. The van der Waals surface area contributed by atoms with Gasteiger partial charge < -0.3 is 4.57 Å². The van der Waals surface area contributed by atoms with E-state index in [4.69, 9.17) is 0 Å². The Balaban J connectivity index is 1.51. The molecule has 0 atom stereocenters. The second-order valence-electron chi connectivity index (χ2n) is 6.98. The van der Waals surface area contributed by atoms with Gasteiger partial charge in [0.25, 0.3) is 0 Å². The molecule has 142 valence electrons. The van der Waals surface area contributed by atoms with Crippen LogP contribution in [0.3, 0.4) is 0 Å². The Morgan fingerprint density at radius 1 is 0.929 bits per heavy atom. The topological polar surface area (TPSA) is 34.0 Å². The summed E-state index contributed by atoms with van der Waals surface area (Å²) in [5, 5.41) is 1.15. The lowest BCUT2D eigenvalue weighted by Gasteiger charge is -2.23. The third kappa shape index (κ3) is 4.61. The van der Waals surface area contributed by atoms with Crippen LogP contribution in [0.15, 0.2) is 79.5 Å². The van der Waals surface area contributed by atoms with Crippen molar-refractivity contribution in [1.29, 1.82) is 0 Å². The predicted octanol–water partition coefficient (Wildman–Crippen LogP) is 4.66. The Morgan fingerprint density at radius 2 is 1.79 bits per heavy atom. The summed E-state index contributed by atoms with van der Waals surface area (Å²) >= 11 is 0. The van der Waals surface area contributed by atoms with Crippen LogP contribution >= 0.6 is 0 Å². The van der Waals surface area contributed by atoms with Gasteiger partial charge in [-0.15, -0.1) is 0 Å². The lowest BCUT2D eigenvalue weighted by atomic mass is 10.1. The Bertz CT molecular complexity index is 1010. The summed E-state index contributed by atoms with van der Waals surface area (Å²) < 4.78 is 15.4. The summed E-state index contributed by atoms with van der Waals surface area (Å²) in [7, 11) is 0. The average Bonchev–Trinajstić information content (AvgIpc) is 3.23. The zero-order chi connectivity index (χ0) is 19.2. The molecule has 28 heavy (non-hydrogen) atoms. The number of hydrogen-bond donors (Lipinski definition) is 0. The molecule has 0 N–H and O–H groups in total. The number of halogens is 1. The van der Waals surface area contributed by atoms with Crippen LogP contribution in [0.25, 0.3) is 10.9 Å². The summed E-state index contributed by atoms with van der Waals surface area (Å²) in [5.41, 5.74) is 3.36. The predicted molar refractivity (Wildman–Crippen MR) is 109 cm³/mol. The van der Waals surface area contributed by atoms with Crippen molar-refractivity contribution >= 4 is 10.9 Å². The summed E-state index contributed by atoms with van der Waals surface area (Å²) in [5.74, 6) is -0.200. The normalized spacial score (nSPS) is 11.4. The Hall–Kier alpha value is -3.05. The maximum atomic E-state index is 13.3. The number of aryl methyl sites for hydroxylation is 1. The number of nitrogens with zero attached hydrogens (tertiary/aromatic N) is 4. The van der Waals surface area contributed by atoms with Gasteiger partial charge >= 0.3 is 0 Å². The third-order valence-electron chi connectivity index (χ3n) is 4.88. The van der Waals surface area contributed by atoms with Crippen molar-refractivity contribution in [3.63, 3.8) is 0 Å². The van der Waals surface area contributed by atoms with Crippen molar-refractivity contribution in [2.45, 2.75) is 26.1 Å². The van der Waals surface area contributed by atoms with E-state index in [0.717, 1.165) is 49.1 Å². The lowest BCUT2D eigenvalue weighted by Crippen LogP contribution is -2.25. The monoisotopic (exact) mass is 374 g/mol. The first-order valence-electron chi connectivity index (χ1n) is 9.53. The number of para-hydroxylation sites is 1. The molecule has 0 radical (unpaired) electrons. The molecule has 0 aliphatic carbocycles. The molecular weight excluding hydrogens is 351 g/mol. The highest BCUT2D eigenvalue weighted by Gasteiger charge is 2.10. The standard InChI is InChI=1S/C23H23FN4/c24-22-9-7-19(8-10-22)16-28(14-3-13-27-15-12-25-18-27)17-21-5-1-4-20-6-2-11-26-23(20)21/h1-2,4-12,15,18H,3,13-14,16-17H2. The zero-order valence-electron chi connectivity index (χ0n) is 15.7.